The second-order valence-corrected chi connectivity index (χ2v) is 7.51. The summed E-state index contributed by atoms with van der Waals surface area (Å²) in [6.07, 6.45) is 0.563. The molecular weight excluding hydrogens is 336 g/mol. The third-order valence-electron chi connectivity index (χ3n) is 4.02. The summed E-state index contributed by atoms with van der Waals surface area (Å²) in [6, 6.07) is 12.6. The minimum Gasteiger partial charge on any atom is -0.508 e. The quantitative estimate of drug-likeness (QED) is 0.718. The van der Waals surface area contributed by atoms with Crippen molar-refractivity contribution in [3.05, 3.63) is 48.0 Å². The summed E-state index contributed by atoms with van der Waals surface area (Å²) in [4.78, 5) is 17.2. The number of carbonyl (C=O) groups is 1. The number of phenolic OH excluding ortho intramolecular Hbond substituents is 1. The molecule has 0 fully saturated rings. The largest absolute Gasteiger partial charge is 0.508 e. The molecule has 1 aromatic heterocycles. The molecule has 0 saturated carbocycles. The number of methoxy groups -OCH3 is 1. The fourth-order valence-electron chi connectivity index (χ4n) is 2.61. The fraction of sp³-hybridized carbons (Fsp3) is 0.263. The van der Waals surface area contributed by atoms with E-state index < -0.39 is 5.41 Å². The van der Waals surface area contributed by atoms with E-state index in [9.17, 15) is 9.90 Å². The van der Waals surface area contributed by atoms with Crippen LogP contribution in [0, 0.1) is 5.41 Å². The number of nitrogens with zero attached hydrogens (tertiary/aromatic N) is 1. The third kappa shape index (κ3) is 3.74. The van der Waals surface area contributed by atoms with E-state index in [4.69, 9.17) is 4.74 Å². The second kappa shape index (κ2) is 6.72. The van der Waals surface area contributed by atoms with Crippen LogP contribution in [-0.2, 0) is 11.2 Å². The maximum absolute atomic E-state index is 12.7. The van der Waals surface area contributed by atoms with Crippen LogP contribution in [0.2, 0.25) is 0 Å². The number of amides is 1. The van der Waals surface area contributed by atoms with E-state index in [1.165, 1.54) is 11.3 Å². The molecule has 3 aromatic rings. The SMILES string of the molecule is COc1cccc2nc(NC(=O)C(C)(C)Cc3ccc(O)cc3)sc12. The van der Waals surface area contributed by atoms with Crippen LogP contribution in [0.1, 0.15) is 19.4 Å². The molecule has 3 rings (SSSR count). The van der Waals surface area contributed by atoms with Crippen LogP contribution in [0.15, 0.2) is 42.5 Å². The van der Waals surface area contributed by atoms with Crippen molar-refractivity contribution in [3.63, 3.8) is 0 Å². The Morgan fingerprint density at radius 2 is 1.96 bits per heavy atom. The number of phenols is 1. The number of benzene rings is 2. The zero-order chi connectivity index (χ0) is 18.0. The average molecular weight is 356 g/mol. The van der Waals surface area contributed by atoms with Gasteiger partial charge in [0.2, 0.25) is 5.91 Å². The van der Waals surface area contributed by atoms with Gasteiger partial charge in [-0.15, -0.1) is 0 Å². The molecule has 0 atom stereocenters. The lowest BCUT2D eigenvalue weighted by atomic mass is 9.85. The first kappa shape index (κ1) is 17.2. The maximum Gasteiger partial charge on any atom is 0.232 e. The first-order valence-electron chi connectivity index (χ1n) is 7.92. The number of hydrogen-bond acceptors (Lipinski definition) is 5. The normalized spacial score (nSPS) is 11.5. The number of ether oxygens (including phenoxy) is 1. The lowest BCUT2D eigenvalue weighted by Gasteiger charge is -2.23. The number of anilines is 1. The van der Waals surface area contributed by atoms with Gasteiger partial charge < -0.3 is 15.2 Å². The summed E-state index contributed by atoms with van der Waals surface area (Å²) in [6.45, 7) is 3.78. The van der Waals surface area contributed by atoms with Gasteiger partial charge in [-0.3, -0.25) is 4.79 Å². The number of nitrogens with one attached hydrogen (secondary N) is 1. The van der Waals surface area contributed by atoms with Gasteiger partial charge in [-0.05, 0) is 36.2 Å². The number of thiazole rings is 1. The number of hydrogen-bond donors (Lipinski definition) is 2. The van der Waals surface area contributed by atoms with E-state index >= 15 is 0 Å². The molecule has 0 aliphatic heterocycles. The minimum absolute atomic E-state index is 0.0985. The smallest absolute Gasteiger partial charge is 0.232 e. The molecule has 2 N–H and O–H groups in total. The summed E-state index contributed by atoms with van der Waals surface area (Å²) in [7, 11) is 1.62. The molecular formula is C19H20N2O3S. The standard InChI is InChI=1S/C19H20N2O3S/c1-19(2,11-12-7-9-13(22)10-8-12)17(23)21-18-20-14-5-4-6-15(24-3)16(14)25-18/h4-10,22H,11H2,1-3H3,(H,20,21,23). The minimum atomic E-state index is -0.612. The highest BCUT2D eigenvalue weighted by molar-refractivity contribution is 7.22. The van der Waals surface area contributed by atoms with E-state index in [0.717, 1.165) is 21.5 Å². The molecule has 5 nitrogen and oxygen atoms in total. The zero-order valence-electron chi connectivity index (χ0n) is 14.4. The molecule has 6 heteroatoms. The van der Waals surface area contributed by atoms with Gasteiger partial charge >= 0.3 is 0 Å². The molecule has 25 heavy (non-hydrogen) atoms. The van der Waals surface area contributed by atoms with Crippen LogP contribution in [0.25, 0.3) is 10.2 Å². The van der Waals surface area contributed by atoms with E-state index in [-0.39, 0.29) is 11.7 Å². The lowest BCUT2D eigenvalue weighted by molar-refractivity contribution is -0.123. The zero-order valence-corrected chi connectivity index (χ0v) is 15.2. The van der Waals surface area contributed by atoms with Crippen molar-refractivity contribution in [1.29, 1.82) is 0 Å². The highest BCUT2D eigenvalue weighted by atomic mass is 32.1. The predicted molar refractivity (Wildman–Crippen MR) is 100 cm³/mol. The first-order valence-corrected chi connectivity index (χ1v) is 8.73. The monoisotopic (exact) mass is 356 g/mol. The Morgan fingerprint density at radius 3 is 2.64 bits per heavy atom. The van der Waals surface area contributed by atoms with Crippen LogP contribution in [0.4, 0.5) is 5.13 Å². The summed E-state index contributed by atoms with van der Waals surface area (Å²) >= 11 is 1.40. The summed E-state index contributed by atoms with van der Waals surface area (Å²) in [5, 5.41) is 12.9. The Balaban J connectivity index is 1.77. The number of fused-ring (bicyclic) bond motifs is 1. The van der Waals surface area contributed by atoms with Crippen molar-refractivity contribution in [2.45, 2.75) is 20.3 Å². The Hall–Kier alpha value is -2.60. The van der Waals surface area contributed by atoms with E-state index in [2.05, 4.69) is 10.3 Å². The topological polar surface area (TPSA) is 71.5 Å². The fourth-order valence-corrected chi connectivity index (χ4v) is 3.56. The Bertz CT molecular complexity index is 901. The second-order valence-electron chi connectivity index (χ2n) is 6.51. The summed E-state index contributed by atoms with van der Waals surface area (Å²) in [5.74, 6) is 0.867. The molecule has 0 bridgehead atoms. The molecule has 0 aliphatic carbocycles. The van der Waals surface area contributed by atoms with Crippen LogP contribution >= 0.6 is 11.3 Å². The van der Waals surface area contributed by atoms with E-state index in [1.54, 1.807) is 19.2 Å². The third-order valence-corrected chi connectivity index (χ3v) is 5.02. The van der Waals surface area contributed by atoms with Gasteiger partial charge in [0, 0.05) is 5.41 Å². The Morgan fingerprint density at radius 1 is 1.24 bits per heavy atom. The van der Waals surface area contributed by atoms with Crippen molar-refractivity contribution < 1.29 is 14.6 Å². The molecule has 0 saturated heterocycles. The average Bonchev–Trinajstić information content (AvgIpc) is 2.99. The van der Waals surface area contributed by atoms with Gasteiger partial charge in [0.25, 0.3) is 0 Å². The molecule has 1 amide bonds. The van der Waals surface area contributed by atoms with Gasteiger partial charge in [0.1, 0.15) is 11.5 Å². The molecule has 0 aliphatic rings. The number of carbonyl (C=O) groups excluding carboxylic acids is 1. The molecule has 2 aromatic carbocycles. The van der Waals surface area contributed by atoms with Gasteiger partial charge in [-0.1, -0.05) is 43.4 Å². The first-order chi connectivity index (χ1) is 11.9. The van der Waals surface area contributed by atoms with Crippen molar-refractivity contribution in [3.8, 4) is 11.5 Å². The van der Waals surface area contributed by atoms with Crippen molar-refractivity contribution >= 4 is 32.6 Å². The molecule has 0 radical (unpaired) electrons. The van der Waals surface area contributed by atoms with Crippen LogP contribution in [-0.4, -0.2) is 23.1 Å². The number of rotatable bonds is 5. The van der Waals surface area contributed by atoms with Gasteiger partial charge in [0.05, 0.1) is 17.3 Å². The van der Waals surface area contributed by atoms with E-state index in [0.29, 0.717) is 11.6 Å². The number of aromatic hydroxyl groups is 1. The van der Waals surface area contributed by atoms with Gasteiger partial charge in [-0.2, -0.15) is 0 Å². The van der Waals surface area contributed by atoms with Gasteiger partial charge in [0.15, 0.2) is 5.13 Å². The number of aromatic nitrogens is 1. The molecule has 130 valence electrons. The molecule has 0 unspecified atom stereocenters. The highest BCUT2D eigenvalue weighted by Crippen LogP contribution is 2.34. The molecule has 0 spiro atoms. The maximum atomic E-state index is 12.7. The van der Waals surface area contributed by atoms with Crippen LogP contribution in [0.3, 0.4) is 0 Å². The van der Waals surface area contributed by atoms with Crippen molar-refractivity contribution in [2.24, 2.45) is 5.41 Å². The Labute approximate surface area is 150 Å². The predicted octanol–water partition coefficient (Wildman–Crippen LogP) is 4.22. The molecule has 1 heterocycles. The van der Waals surface area contributed by atoms with Gasteiger partial charge in [-0.25, -0.2) is 4.98 Å². The van der Waals surface area contributed by atoms with E-state index in [1.807, 2.05) is 44.2 Å². The lowest BCUT2D eigenvalue weighted by Crippen LogP contribution is -2.32. The van der Waals surface area contributed by atoms with Crippen molar-refractivity contribution in [1.82, 2.24) is 4.98 Å². The summed E-state index contributed by atoms with van der Waals surface area (Å²) < 4.78 is 6.25. The Kier molecular flexibility index (Phi) is 4.63. The van der Waals surface area contributed by atoms with Crippen molar-refractivity contribution in [2.75, 3.05) is 12.4 Å². The summed E-state index contributed by atoms with van der Waals surface area (Å²) in [5.41, 5.74) is 1.18. The van der Waals surface area contributed by atoms with Crippen LogP contribution < -0.4 is 10.1 Å². The highest BCUT2D eigenvalue weighted by Gasteiger charge is 2.29. The van der Waals surface area contributed by atoms with Crippen LogP contribution in [0.5, 0.6) is 11.5 Å².